The van der Waals surface area contributed by atoms with Gasteiger partial charge in [0.15, 0.2) is 0 Å². The molecule has 1 saturated heterocycles. The van der Waals surface area contributed by atoms with E-state index in [2.05, 4.69) is 5.32 Å². The maximum Gasteiger partial charge on any atom is 0.265 e. The molecule has 1 aromatic heterocycles. The van der Waals surface area contributed by atoms with Crippen molar-refractivity contribution >= 4 is 28.8 Å². The summed E-state index contributed by atoms with van der Waals surface area (Å²) in [6.45, 7) is 3.40. The lowest BCUT2D eigenvalue weighted by atomic mass is 9.91. The van der Waals surface area contributed by atoms with Crippen LogP contribution in [0.15, 0.2) is 41.8 Å². The van der Waals surface area contributed by atoms with E-state index in [9.17, 15) is 9.59 Å². The fraction of sp³-hybridized carbons (Fsp3) is 0.368. The lowest BCUT2D eigenvalue weighted by molar-refractivity contribution is 0.0662. The number of likely N-dealkylation sites (tertiary alicyclic amines) is 1. The van der Waals surface area contributed by atoms with Crippen molar-refractivity contribution in [1.29, 1.82) is 0 Å². The highest BCUT2D eigenvalue weighted by Crippen LogP contribution is 2.24. The Labute approximate surface area is 151 Å². The first-order valence-corrected chi connectivity index (χ1v) is 9.43. The monoisotopic (exact) mass is 357 g/mol. The molecule has 3 rings (SSSR count). The van der Waals surface area contributed by atoms with E-state index in [1.165, 1.54) is 11.3 Å². The Bertz CT molecular complexity index is 743. The molecule has 2 atom stereocenters. The maximum atomic E-state index is 13.0. The fourth-order valence-corrected chi connectivity index (χ4v) is 3.78. The minimum absolute atomic E-state index is 0.0487. The van der Waals surface area contributed by atoms with Crippen molar-refractivity contribution in [3.05, 3.63) is 52.2 Å². The van der Waals surface area contributed by atoms with Crippen LogP contribution in [-0.2, 0) is 0 Å². The predicted molar refractivity (Wildman–Crippen MR) is 101 cm³/mol. The standard InChI is InChI=1S/C19H23N3O2S/c1-13(20)14-6-4-10-22(12-14)19(24)15-7-2-3-8-16(15)21-18(23)17-9-5-11-25-17/h2-3,5,7-9,11,13-14H,4,6,10,12,20H2,1H3,(H,21,23). The van der Waals surface area contributed by atoms with Crippen LogP contribution in [0.1, 0.15) is 39.8 Å². The Kier molecular flexibility index (Phi) is 5.50. The number of anilines is 1. The molecule has 2 unspecified atom stereocenters. The second-order valence-electron chi connectivity index (χ2n) is 6.49. The van der Waals surface area contributed by atoms with Gasteiger partial charge in [0.05, 0.1) is 16.1 Å². The van der Waals surface area contributed by atoms with E-state index in [0.29, 0.717) is 28.6 Å². The van der Waals surface area contributed by atoms with Gasteiger partial charge in [-0.15, -0.1) is 11.3 Å². The summed E-state index contributed by atoms with van der Waals surface area (Å²) in [5, 5.41) is 4.72. The molecule has 0 bridgehead atoms. The van der Waals surface area contributed by atoms with E-state index in [-0.39, 0.29) is 17.9 Å². The molecule has 25 heavy (non-hydrogen) atoms. The second kappa shape index (κ2) is 7.80. The SMILES string of the molecule is CC(N)C1CCCN(C(=O)c2ccccc2NC(=O)c2cccs2)C1. The minimum atomic E-state index is -0.192. The molecule has 1 aliphatic heterocycles. The van der Waals surface area contributed by atoms with Gasteiger partial charge in [0.25, 0.3) is 11.8 Å². The summed E-state index contributed by atoms with van der Waals surface area (Å²) in [6, 6.07) is 10.8. The number of para-hydroxylation sites is 1. The maximum absolute atomic E-state index is 13.0. The van der Waals surface area contributed by atoms with Gasteiger partial charge in [-0.05, 0) is 49.3 Å². The molecule has 3 N–H and O–H groups in total. The normalized spacial score (nSPS) is 18.6. The van der Waals surface area contributed by atoms with Gasteiger partial charge < -0.3 is 16.0 Å². The molecule has 1 fully saturated rings. The smallest absolute Gasteiger partial charge is 0.265 e. The Morgan fingerprint density at radius 2 is 2.08 bits per heavy atom. The highest BCUT2D eigenvalue weighted by atomic mass is 32.1. The molecule has 2 amide bonds. The van der Waals surface area contributed by atoms with Gasteiger partial charge >= 0.3 is 0 Å². The van der Waals surface area contributed by atoms with E-state index < -0.39 is 0 Å². The quantitative estimate of drug-likeness (QED) is 0.882. The van der Waals surface area contributed by atoms with Crippen LogP contribution in [0.2, 0.25) is 0 Å². The van der Waals surface area contributed by atoms with Crippen LogP contribution < -0.4 is 11.1 Å². The second-order valence-corrected chi connectivity index (χ2v) is 7.44. The molecule has 0 spiro atoms. The number of nitrogens with zero attached hydrogens (tertiary/aromatic N) is 1. The molecule has 0 aliphatic carbocycles. The van der Waals surface area contributed by atoms with Crippen LogP contribution in [0.4, 0.5) is 5.69 Å². The largest absolute Gasteiger partial charge is 0.338 e. The van der Waals surface area contributed by atoms with Crippen molar-refractivity contribution in [2.45, 2.75) is 25.8 Å². The van der Waals surface area contributed by atoms with Gasteiger partial charge in [-0.3, -0.25) is 9.59 Å². The fourth-order valence-electron chi connectivity index (χ4n) is 3.16. The van der Waals surface area contributed by atoms with Crippen LogP contribution >= 0.6 is 11.3 Å². The Balaban J connectivity index is 1.78. The van der Waals surface area contributed by atoms with Gasteiger partial charge in [-0.25, -0.2) is 0 Å². The lowest BCUT2D eigenvalue weighted by Crippen LogP contribution is -2.45. The van der Waals surface area contributed by atoms with E-state index in [4.69, 9.17) is 5.73 Å². The number of hydrogen-bond donors (Lipinski definition) is 2. The number of benzene rings is 1. The summed E-state index contributed by atoms with van der Waals surface area (Å²) >= 11 is 1.37. The first-order chi connectivity index (χ1) is 12.1. The average molecular weight is 357 g/mol. The van der Waals surface area contributed by atoms with Gasteiger partial charge in [-0.2, -0.15) is 0 Å². The summed E-state index contributed by atoms with van der Waals surface area (Å²) in [5.41, 5.74) is 7.10. The number of carbonyl (C=O) groups excluding carboxylic acids is 2. The van der Waals surface area contributed by atoms with E-state index >= 15 is 0 Å². The zero-order chi connectivity index (χ0) is 17.8. The molecule has 0 saturated carbocycles. The highest BCUT2D eigenvalue weighted by Gasteiger charge is 2.27. The molecule has 0 radical (unpaired) electrons. The number of amides is 2. The van der Waals surface area contributed by atoms with Crippen LogP contribution in [0, 0.1) is 5.92 Å². The molecule has 5 nitrogen and oxygen atoms in total. The third-order valence-corrected chi connectivity index (χ3v) is 5.51. The van der Waals surface area contributed by atoms with Gasteiger partial charge in [0.2, 0.25) is 0 Å². The molecule has 1 aliphatic rings. The number of nitrogens with two attached hydrogens (primary N) is 1. The van der Waals surface area contributed by atoms with Crippen LogP contribution in [-0.4, -0.2) is 35.8 Å². The molecule has 1 aromatic carbocycles. The third kappa shape index (κ3) is 4.08. The molecule has 132 valence electrons. The van der Waals surface area contributed by atoms with E-state index in [1.54, 1.807) is 18.2 Å². The van der Waals surface area contributed by atoms with Gasteiger partial charge in [-0.1, -0.05) is 18.2 Å². The summed E-state index contributed by atoms with van der Waals surface area (Å²) in [6.07, 6.45) is 2.01. The van der Waals surface area contributed by atoms with Crippen molar-refractivity contribution in [2.24, 2.45) is 11.7 Å². The summed E-state index contributed by atoms with van der Waals surface area (Å²) in [7, 11) is 0. The minimum Gasteiger partial charge on any atom is -0.338 e. The van der Waals surface area contributed by atoms with E-state index in [1.807, 2.05) is 35.4 Å². The van der Waals surface area contributed by atoms with Crippen LogP contribution in [0.25, 0.3) is 0 Å². The zero-order valence-electron chi connectivity index (χ0n) is 14.3. The first kappa shape index (κ1) is 17.6. The molecule has 2 heterocycles. The summed E-state index contributed by atoms with van der Waals surface area (Å²) in [5.74, 6) is 0.0837. The number of thiophene rings is 1. The van der Waals surface area contributed by atoms with Crippen LogP contribution in [0.3, 0.4) is 0 Å². The Hall–Kier alpha value is -2.18. The van der Waals surface area contributed by atoms with E-state index in [0.717, 1.165) is 19.4 Å². The lowest BCUT2D eigenvalue weighted by Gasteiger charge is -2.35. The molecule has 2 aromatic rings. The van der Waals surface area contributed by atoms with Crippen molar-refractivity contribution in [2.75, 3.05) is 18.4 Å². The van der Waals surface area contributed by atoms with Crippen molar-refractivity contribution in [3.8, 4) is 0 Å². The number of nitrogens with one attached hydrogen (secondary N) is 1. The average Bonchev–Trinajstić information content (AvgIpc) is 3.16. The van der Waals surface area contributed by atoms with Crippen LogP contribution in [0.5, 0.6) is 0 Å². The number of piperidine rings is 1. The third-order valence-electron chi connectivity index (χ3n) is 4.64. The van der Waals surface area contributed by atoms with Gasteiger partial charge in [0, 0.05) is 19.1 Å². The molecular weight excluding hydrogens is 334 g/mol. The zero-order valence-corrected chi connectivity index (χ0v) is 15.1. The highest BCUT2D eigenvalue weighted by molar-refractivity contribution is 7.12. The summed E-state index contributed by atoms with van der Waals surface area (Å²) < 4.78 is 0. The van der Waals surface area contributed by atoms with Gasteiger partial charge in [0.1, 0.15) is 0 Å². The number of hydrogen-bond acceptors (Lipinski definition) is 4. The summed E-state index contributed by atoms with van der Waals surface area (Å²) in [4.78, 5) is 27.8. The predicted octanol–water partition coefficient (Wildman–Crippen LogP) is 3.20. The number of carbonyl (C=O) groups is 2. The Morgan fingerprint density at radius 3 is 2.80 bits per heavy atom. The van der Waals surface area contributed by atoms with Crippen molar-refractivity contribution in [3.63, 3.8) is 0 Å². The topological polar surface area (TPSA) is 75.4 Å². The Morgan fingerprint density at radius 1 is 1.28 bits per heavy atom. The molecular formula is C19H23N3O2S. The number of rotatable bonds is 4. The first-order valence-electron chi connectivity index (χ1n) is 8.55. The van der Waals surface area contributed by atoms with Crippen molar-refractivity contribution < 1.29 is 9.59 Å². The molecule has 6 heteroatoms. The van der Waals surface area contributed by atoms with Crippen molar-refractivity contribution in [1.82, 2.24) is 4.90 Å².